The molecule has 0 saturated carbocycles. The molecule has 0 saturated heterocycles. The summed E-state index contributed by atoms with van der Waals surface area (Å²) in [6.07, 6.45) is 0. The van der Waals surface area contributed by atoms with Crippen LogP contribution in [0.25, 0.3) is 0 Å². The first-order valence-electron chi connectivity index (χ1n) is 24.1. The molecular formula is C53H70N2O15Si2. The summed E-state index contributed by atoms with van der Waals surface area (Å²) in [5.74, 6) is -1.03. The Hall–Kier alpha value is -6.26. The van der Waals surface area contributed by atoms with E-state index in [0.717, 1.165) is 0 Å². The zero-order chi connectivity index (χ0) is 53.5. The second kappa shape index (κ2) is 26.4. The Labute approximate surface area is 423 Å². The molecule has 0 aliphatic heterocycles. The SMILES string of the molecule is CC(C)[Si](OCc1ccc(C(=O)OCc2cccc(CO)c2[N+](=O)[O-])o1)(C(C)C)C(C)C.CC(C)[Si](OCc1ccc(C(=O)OCc2cccc(COC(=O)c3ccccc3)c2[N+](=O)[O-])o1)(C(C)C)C(C)C. The van der Waals surface area contributed by atoms with E-state index in [4.69, 9.17) is 31.9 Å². The van der Waals surface area contributed by atoms with Crippen LogP contribution in [0.15, 0.2) is 99.8 Å². The Balaban J connectivity index is 0.000000321. The van der Waals surface area contributed by atoms with Gasteiger partial charge in [-0.15, -0.1) is 0 Å². The van der Waals surface area contributed by atoms with E-state index in [1.165, 1.54) is 36.4 Å². The fourth-order valence-electron chi connectivity index (χ4n) is 9.99. The first kappa shape index (κ1) is 58.3. The second-order valence-electron chi connectivity index (χ2n) is 19.4. The van der Waals surface area contributed by atoms with E-state index in [-0.39, 0.29) is 78.2 Å². The zero-order valence-corrected chi connectivity index (χ0v) is 45.4. The highest BCUT2D eigenvalue weighted by Crippen LogP contribution is 2.44. The highest BCUT2D eigenvalue weighted by Gasteiger charge is 2.46. The normalized spacial score (nSPS) is 11.9. The van der Waals surface area contributed by atoms with Gasteiger partial charge in [0.05, 0.1) is 57.5 Å². The van der Waals surface area contributed by atoms with Gasteiger partial charge in [-0.3, -0.25) is 20.2 Å². The lowest BCUT2D eigenvalue weighted by molar-refractivity contribution is -0.387. The van der Waals surface area contributed by atoms with Crippen molar-refractivity contribution < 1.29 is 61.2 Å². The van der Waals surface area contributed by atoms with Gasteiger partial charge in [0, 0.05) is 0 Å². The van der Waals surface area contributed by atoms with Crippen molar-refractivity contribution in [2.45, 2.75) is 156 Å². The summed E-state index contributed by atoms with van der Waals surface area (Å²) in [5, 5.41) is 32.5. The van der Waals surface area contributed by atoms with Gasteiger partial charge in [-0.25, -0.2) is 14.4 Å². The van der Waals surface area contributed by atoms with Crippen LogP contribution in [0.3, 0.4) is 0 Å². The third-order valence-electron chi connectivity index (χ3n) is 13.1. The number of para-hydroxylation sites is 2. The lowest BCUT2D eigenvalue weighted by Crippen LogP contribution is -2.47. The number of hydrogen-bond donors (Lipinski definition) is 1. The fraction of sp³-hybridized carbons (Fsp3) is 0.453. The highest BCUT2D eigenvalue weighted by molar-refractivity contribution is 6.78. The monoisotopic (exact) mass is 1030 g/mol. The Morgan fingerprint density at radius 2 is 0.806 bits per heavy atom. The van der Waals surface area contributed by atoms with Crippen LogP contribution in [-0.2, 0) is 62.7 Å². The van der Waals surface area contributed by atoms with Gasteiger partial charge in [-0.2, -0.15) is 0 Å². The molecule has 2 aromatic heterocycles. The van der Waals surface area contributed by atoms with E-state index in [1.54, 1.807) is 54.6 Å². The van der Waals surface area contributed by atoms with Gasteiger partial charge in [-0.05, 0) is 93.9 Å². The third-order valence-corrected chi connectivity index (χ3v) is 25.2. The van der Waals surface area contributed by atoms with Crippen LogP contribution in [0.5, 0.6) is 0 Å². The van der Waals surface area contributed by atoms with Crippen molar-refractivity contribution >= 4 is 45.9 Å². The van der Waals surface area contributed by atoms with Gasteiger partial charge in [0.2, 0.25) is 28.2 Å². The summed E-state index contributed by atoms with van der Waals surface area (Å²) >= 11 is 0. The number of benzene rings is 3. The van der Waals surface area contributed by atoms with E-state index in [0.29, 0.717) is 50.3 Å². The number of aliphatic hydroxyl groups is 1. The van der Waals surface area contributed by atoms with Gasteiger partial charge in [0.15, 0.2) is 0 Å². The summed E-state index contributed by atoms with van der Waals surface area (Å²) in [7, 11) is -4.19. The summed E-state index contributed by atoms with van der Waals surface area (Å²) in [6, 6.07) is 23.8. The molecule has 19 heteroatoms. The summed E-state index contributed by atoms with van der Waals surface area (Å²) in [5.41, 5.74) is 3.00. The number of nitro benzene ring substituents is 2. The molecule has 0 fully saturated rings. The number of ether oxygens (including phenoxy) is 3. The topological polar surface area (TPSA) is 230 Å². The molecule has 72 heavy (non-hydrogen) atoms. The van der Waals surface area contributed by atoms with Crippen LogP contribution in [0.2, 0.25) is 33.2 Å². The molecule has 0 spiro atoms. The van der Waals surface area contributed by atoms with E-state index in [9.17, 15) is 39.7 Å². The van der Waals surface area contributed by atoms with Crippen LogP contribution in [0, 0.1) is 20.2 Å². The van der Waals surface area contributed by atoms with Crippen LogP contribution in [0.4, 0.5) is 11.4 Å². The number of esters is 3. The zero-order valence-electron chi connectivity index (χ0n) is 43.4. The summed E-state index contributed by atoms with van der Waals surface area (Å²) in [6.45, 7) is 25.4. The molecule has 0 unspecified atom stereocenters. The molecule has 5 aromatic rings. The predicted octanol–water partition coefficient (Wildman–Crippen LogP) is 13.3. The van der Waals surface area contributed by atoms with E-state index >= 15 is 0 Å². The highest BCUT2D eigenvalue weighted by atomic mass is 28.4. The molecule has 0 amide bonds. The molecule has 0 aliphatic rings. The minimum atomic E-state index is -2.11. The standard InChI is InChI=1S/C30H37NO8Si.C23H33NO7Si/c1-20(2)40(21(3)4,22(5)6)38-19-26-15-16-27(39-26)30(33)37-18-25-14-10-13-24(28(25)31(34)35)17-36-29(32)23-11-8-7-9-12-23;1-15(2)32(16(3)4,17(5)6)30-14-20-10-11-21(31-20)23(26)29-13-19-9-7-8-18(12-25)22(19)24(27)28/h7-16,20-22H,17-19H2,1-6H3;7-11,15-17,25H,12-14H2,1-6H3. The van der Waals surface area contributed by atoms with Gasteiger partial charge >= 0.3 is 17.9 Å². The van der Waals surface area contributed by atoms with E-state index in [2.05, 4.69) is 83.1 Å². The minimum absolute atomic E-state index is 0.00970. The number of aliphatic hydroxyl groups excluding tert-OH is 1. The number of nitro groups is 2. The van der Waals surface area contributed by atoms with Crippen LogP contribution >= 0.6 is 0 Å². The van der Waals surface area contributed by atoms with E-state index in [1.807, 2.05) is 0 Å². The summed E-state index contributed by atoms with van der Waals surface area (Å²) in [4.78, 5) is 59.5. The van der Waals surface area contributed by atoms with Crippen molar-refractivity contribution in [1.29, 1.82) is 0 Å². The predicted molar refractivity (Wildman–Crippen MR) is 275 cm³/mol. The number of hydrogen-bond acceptors (Lipinski definition) is 15. The molecule has 3 aromatic carbocycles. The van der Waals surface area contributed by atoms with Crippen LogP contribution < -0.4 is 0 Å². The Kier molecular flexibility index (Phi) is 21.4. The maximum Gasteiger partial charge on any atom is 0.374 e. The Morgan fingerprint density at radius 3 is 1.14 bits per heavy atom. The van der Waals surface area contributed by atoms with Gasteiger partial charge in [0.1, 0.15) is 31.3 Å². The first-order valence-corrected chi connectivity index (χ1v) is 28.4. The van der Waals surface area contributed by atoms with Crippen molar-refractivity contribution in [3.8, 4) is 0 Å². The average molecular weight is 1030 g/mol. The third kappa shape index (κ3) is 14.2. The largest absolute Gasteiger partial charge is 0.457 e. The molecule has 390 valence electrons. The number of furan rings is 2. The number of nitrogens with zero attached hydrogens (tertiary/aromatic N) is 2. The second-order valence-corrected chi connectivity index (χ2v) is 30.3. The molecule has 0 bridgehead atoms. The minimum Gasteiger partial charge on any atom is -0.457 e. The maximum absolute atomic E-state index is 12.7. The summed E-state index contributed by atoms with van der Waals surface area (Å²) < 4.78 is 40.2. The molecule has 2 heterocycles. The maximum atomic E-state index is 12.7. The number of carbonyl (C=O) groups is 3. The van der Waals surface area contributed by atoms with Crippen molar-refractivity contribution in [1.82, 2.24) is 0 Å². The van der Waals surface area contributed by atoms with E-state index < -0.39 is 51.0 Å². The van der Waals surface area contributed by atoms with Crippen molar-refractivity contribution in [2.24, 2.45) is 0 Å². The Bertz CT molecular complexity index is 2560. The fourth-order valence-corrected chi connectivity index (χ4v) is 20.8. The quantitative estimate of drug-likeness (QED) is 0.0199. The lowest BCUT2D eigenvalue weighted by Gasteiger charge is -2.41. The average Bonchev–Trinajstić information content (AvgIpc) is 4.02. The molecular weight excluding hydrogens is 961 g/mol. The lowest BCUT2D eigenvalue weighted by atomic mass is 10.1. The number of rotatable bonds is 24. The smallest absolute Gasteiger partial charge is 0.374 e. The molecule has 0 aliphatic carbocycles. The van der Waals surface area contributed by atoms with Gasteiger partial charge in [0.25, 0.3) is 11.4 Å². The van der Waals surface area contributed by atoms with Crippen molar-refractivity contribution in [3.63, 3.8) is 0 Å². The molecule has 0 atom stereocenters. The number of carbonyl (C=O) groups excluding carboxylic acids is 3. The molecule has 5 rings (SSSR count). The molecule has 17 nitrogen and oxygen atoms in total. The Morgan fingerprint density at radius 1 is 0.472 bits per heavy atom. The van der Waals surface area contributed by atoms with Crippen LogP contribution in [0.1, 0.15) is 148 Å². The van der Waals surface area contributed by atoms with Gasteiger partial charge in [-0.1, -0.05) is 113 Å². The molecule has 0 radical (unpaired) electrons. The van der Waals surface area contributed by atoms with Crippen LogP contribution in [-0.4, -0.2) is 49.5 Å². The molecule has 1 N–H and O–H groups in total. The first-order chi connectivity index (χ1) is 34.0. The van der Waals surface area contributed by atoms with Crippen molar-refractivity contribution in [3.05, 3.63) is 162 Å². The van der Waals surface area contributed by atoms with Gasteiger partial charge < -0.3 is 37.0 Å². The van der Waals surface area contributed by atoms with Crippen molar-refractivity contribution in [2.75, 3.05) is 0 Å².